The Kier molecular flexibility index (Phi) is 6.52. The molecule has 8 heteroatoms. The first-order valence-corrected chi connectivity index (χ1v) is 13.1. The van der Waals surface area contributed by atoms with E-state index in [9.17, 15) is 14.4 Å². The number of pyridine rings is 1. The number of imide groups is 1. The molecule has 3 aromatic rings. The van der Waals surface area contributed by atoms with Crippen molar-refractivity contribution < 1.29 is 14.4 Å². The number of nitrogens with one attached hydrogen (secondary N) is 1. The van der Waals surface area contributed by atoms with Gasteiger partial charge in [0.15, 0.2) is 0 Å². The highest BCUT2D eigenvalue weighted by Gasteiger charge is 2.36. The van der Waals surface area contributed by atoms with E-state index in [2.05, 4.69) is 54.1 Å². The van der Waals surface area contributed by atoms with E-state index in [0.717, 1.165) is 40.3 Å². The van der Waals surface area contributed by atoms with Crippen LogP contribution in [0.25, 0.3) is 22.2 Å². The summed E-state index contributed by atoms with van der Waals surface area (Å²) >= 11 is 0. The molecule has 2 aliphatic rings. The Labute approximate surface area is 217 Å². The summed E-state index contributed by atoms with van der Waals surface area (Å²) in [6, 6.07) is 10.6. The topological polar surface area (TPSA) is 89.6 Å². The molecule has 0 radical (unpaired) electrons. The van der Waals surface area contributed by atoms with Gasteiger partial charge >= 0.3 is 6.03 Å². The average Bonchev–Trinajstić information content (AvgIpc) is 3.35. The molecule has 8 nitrogen and oxygen atoms in total. The fraction of sp³-hybridized carbons (Fsp3) is 0.448. The molecule has 4 heterocycles. The van der Waals surface area contributed by atoms with Crippen molar-refractivity contribution in [2.75, 3.05) is 33.2 Å². The lowest BCUT2D eigenvalue weighted by Crippen LogP contribution is -2.45. The maximum Gasteiger partial charge on any atom is 0.327 e. The van der Waals surface area contributed by atoms with Gasteiger partial charge in [-0.05, 0) is 73.9 Å². The van der Waals surface area contributed by atoms with Crippen LogP contribution in [-0.4, -0.2) is 75.7 Å². The van der Waals surface area contributed by atoms with Gasteiger partial charge in [-0.1, -0.05) is 19.9 Å². The number of hydrogen-bond donors (Lipinski definition) is 1. The highest BCUT2D eigenvalue weighted by Crippen LogP contribution is 2.38. The minimum absolute atomic E-state index is 0.0380. The number of aryl methyl sites for hydroxylation is 2. The van der Waals surface area contributed by atoms with Crippen LogP contribution < -0.4 is 0 Å². The van der Waals surface area contributed by atoms with Crippen molar-refractivity contribution >= 4 is 28.7 Å². The van der Waals surface area contributed by atoms with Gasteiger partial charge in [0.1, 0.15) is 13.1 Å². The zero-order chi connectivity index (χ0) is 26.4. The predicted octanol–water partition coefficient (Wildman–Crippen LogP) is 4.57. The molecular weight excluding hydrogens is 466 g/mol. The fourth-order valence-electron chi connectivity index (χ4n) is 5.81. The molecule has 2 fully saturated rings. The van der Waals surface area contributed by atoms with Crippen molar-refractivity contribution in [2.24, 2.45) is 0 Å². The quantitative estimate of drug-likeness (QED) is 0.519. The van der Waals surface area contributed by atoms with Gasteiger partial charge < -0.3 is 14.8 Å². The number of urea groups is 1. The number of nitrogens with zero attached hydrogens (tertiary/aromatic N) is 4. The lowest BCUT2D eigenvalue weighted by molar-refractivity contribution is -0.137. The largest absolute Gasteiger partial charge is 0.354 e. The minimum Gasteiger partial charge on any atom is -0.354 e. The van der Waals surface area contributed by atoms with Gasteiger partial charge in [-0.15, -0.1) is 0 Å². The van der Waals surface area contributed by atoms with Gasteiger partial charge in [-0.2, -0.15) is 0 Å². The molecule has 2 aromatic heterocycles. The lowest BCUT2D eigenvalue weighted by atomic mass is 9.87. The fourth-order valence-corrected chi connectivity index (χ4v) is 5.81. The van der Waals surface area contributed by atoms with Crippen molar-refractivity contribution in [3.8, 4) is 11.3 Å². The standard InChI is InChI=1S/C29H35N5O3/c1-17(2)27-23-14-21(6-7-24(23)31-28(27)22-12-18(3)30-19(4)13-22)20-8-10-33(11-9-20)25(35)16-34-26(36)15-32(5)29(34)37/h6-7,12-14,17,20,31H,8-11,15-16H2,1-5H3. The van der Waals surface area contributed by atoms with Gasteiger partial charge in [0.2, 0.25) is 5.91 Å². The van der Waals surface area contributed by atoms with Gasteiger partial charge in [0, 0.05) is 48.0 Å². The number of aromatic amines is 1. The molecule has 0 atom stereocenters. The number of benzene rings is 1. The molecule has 2 saturated heterocycles. The Morgan fingerprint density at radius 3 is 2.35 bits per heavy atom. The van der Waals surface area contributed by atoms with Gasteiger partial charge in [0.05, 0.1) is 5.69 Å². The zero-order valence-electron chi connectivity index (χ0n) is 22.3. The van der Waals surface area contributed by atoms with E-state index in [-0.39, 0.29) is 24.9 Å². The van der Waals surface area contributed by atoms with Crippen LogP contribution in [0.5, 0.6) is 0 Å². The number of piperidine rings is 1. The summed E-state index contributed by atoms with van der Waals surface area (Å²) in [4.78, 5) is 49.4. The Bertz CT molecular complexity index is 1360. The van der Waals surface area contributed by atoms with Gasteiger partial charge in [-0.3, -0.25) is 19.5 Å². The number of fused-ring (bicyclic) bond motifs is 1. The smallest absolute Gasteiger partial charge is 0.327 e. The number of carbonyl (C=O) groups is 3. The highest BCUT2D eigenvalue weighted by atomic mass is 16.2. The summed E-state index contributed by atoms with van der Waals surface area (Å²) in [5.74, 6) is 0.236. The molecule has 1 aromatic carbocycles. The highest BCUT2D eigenvalue weighted by molar-refractivity contribution is 6.04. The Morgan fingerprint density at radius 1 is 1.08 bits per heavy atom. The number of likely N-dealkylation sites (tertiary alicyclic amines) is 1. The maximum atomic E-state index is 12.8. The Morgan fingerprint density at radius 2 is 1.76 bits per heavy atom. The average molecular weight is 502 g/mol. The molecule has 0 bridgehead atoms. The molecule has 0 spiro atoms. The van der Waals surface area contributed by atoms with Gasteiger partial charge in [-0.25, -0.2) is 4.79 Å². The first-order chi connectivity index (χ1) is 17.6. The monoisotopic (exact) mass is 501 g/mol. The van der Waals surface area contributed by atoms with E-state index in [0.29, 0.717) is 24.9 Å². The van der Waals surface area contributed by atoms with Crippen LogP contribution >= 0.6 is 0 Å². The third-order valence-electron chi connectivity index (χ3n) is 7.65. The molecule has 0 saturated carbocycles. The number of likely N-dealkylation sites (N-methyl/N-ethyl adjacent to an activating group) is 1. The van der Waals surface area contributed by atoms with E-state index in [4.69, 9.17) is 0 Å². The third kappa shape index (κ3) is 4.72. The number of rotatable bonds is 5. The second-order valence-corrected chi connectivity index (χ2v) is 10.8. The van der Waals surface area contributed by atoms with Crippen molar-refractivity contribution in [1.82, 2.24) is 24.7 Å². The van der Waals surface area contributed by atoms with Crippen molar-refractivity contribution in [3.05, 3.63) is 52.8 Å². The van der Waals surface area contributed by atoms with E-state index in [1.165, 1.54) is 27.0 Å². The normalized spacial score (nSPS) is 17.1. The number of carbonyl (C=O) groups excluding carboxylic acids is 3. The molecule has 5 rings (SSSR count). The predicted molar refractivity (Wildman–Crippen MR) is 143 cm³/mol. The first kappa shape index (κ1) is 25.0. The van der Waals surface area contributed by atoms with Crippen molar-refractivity contribution in [1.29, 1.82) is 0 Å². The van der Waals surface area contributed by atoms with Crippen LogP contribution in [-0.2, 0) is 9.59 Å². The molecular formula is C29H35N5O3. The second-order valence-electron chi connectivity index (χ2n) is 10.8. The molecule has 4 amide bonds. The molecule has 37 heavy (non-hydrogen) atoms. The SMILES string of the molecule is Cc1cc(-c2[nH]c3ccc(C4CCN(C(=O)CN5C(=O)CN(C)C5=O)CC4)cc3c2C(C)C)cc(C)n1. The molecule has 2 aliphatic heterocycles. The number of hydrogen-bond acceptors (Lipinski definition) is 4. The van der Waals surface area contributed by atoms with E-state index < -0.39 is 6.03 Å². The third-order valence-corrected chi connectivity index (χ3v) is 7.65. The Hall–Kier alpha value is -3.68. The zero-order valence-corrected chi connectivity index (χ0v) is 22.3. The van der Waals surface area contributed by atoms with Crippen LogP contribution in [0.3, 0.4) is 0 Å². The summed E-state index contributed by atoms with van der Waals surface area (Å²) in [7, 11) is 1.57. The van der Waals surface area contributed by atoms with E-state index in [1.54, 1.807) is 11.9 Å². The summed E-state index contributed by atoms with van der Waals surface area (Å²) in [5.41, 5.74) is 8.09. The summed E-state index contributed by atoms with van der Waals surface area (Å²) in [6.07, 6.45) is 1.71. The molecule has 0 aliphatic carbocycles. The molecule has 0 unspecified atom stereocenters. The summed E-state index contributed by atoms with van der Waals surface area (Å²) < 4.78 is 0. The van der Waals surface area contributed by atoms with Crippen LogP contribution in [0.4, 0.5) is 4.79 Å². The van der Waals surface area contributed by atoms with Crippen LogP contribution in [0, 0.1) is 13.8 Å². The van der Waals surface area contributed by atoms with Crippen LogP contribution in [0.1, 0.15) is 61.0 Å². The maximum absolute atomic E-state index is 12.8. The van der Waals surface area contributed by atoms with Crippen LogP contribution in [0.15, 0.2) is 30.3 Å². The van der Waals surface area contributed by atoms with E-state index >= 15 is 0 Å². The molecule has 1 N–H and O–H groups in total. The van der Waals surface area contributed by atoms with Crippen LogP contribution in [0.2, 0.25) is 0 Å². The first-order valence-electron chi connectivity index (χ1n) is 13.1. The lowest BCUT2D eigenvalue weighted by Gasteiger charge is -2.33. The minimum atomic E-state index is -0.398. The summed E-state index contributed by atoms with van der Waals surface area (Å²) in [5, 5.41) is 1.25. The van der Waals surface area contributed by atoms with Crippen molar-refractivity contribution in [3.63, 3.8) is 0 Å². The molecule has 194 valence electrons. The second kappa shape index (κ2) is 9.65. The van der Waals surface area contributed by atoms with Gasteiger partial charge in [0.25, 0.3) is 5.91 Å². The number of H-pyrrole nitrogens is 1. The number of aromatic nitrogens is 2. The number of amides is 4. The van der Waals surface area contributed by atoms with E-state index in [1.807, 2.05) is 13.8 Å². The van der Waals surface area contributed by atoms with Crippen molar-refractivity contribution in [2.45, 2.75) is 52.4 Å². The summed E-state index contributed by atoms with van der Waals surface area (Å²) in [6.45, 7) is 9.64. The Balaban J connectivity index is 1.34.